The number of nitriles is 1. The highest BCUT2D eigenvalue weighted by Gasteiger charge is 2.19. The number of carbonyl (C=O) groups excluding carboxylic acids is 1. The van der Waals surface area contributed by atoms with E-state index >= 15 is 0 Å². The van der Waals surface area contributed by atoms with Crippen molar-refractivity contribution in [3.8, 4) is 17.5 Å². The monoisotopic (exact) mass is 460 g/mol. The normalized spacial score (nSPS) is 11.2. The molecule has 0 atom stereocenters. The maximum Gasteiger partial charge on any atom is 0.230 e. The predicted octanol–water partition coefficient (Wildman–Crippen LogP) is 5.34. The van der Waals surface area contributed by atoms with Crippen molar-refractivity contribution in [2.24, 2.45) is 7.05 Å². The van der Waals surface area contributed by atoms with Crippen LogP contribution in [0.1, 0.15) is 18.4 Å². The van der Waals surface area contributed by atoms with Gasteiger partial charge in [0, 0.05) is 29.9 Å². The van der Waals surface area contributed by atoms with Crippen molar-refractivity contribution in [3.63, 3.8) is 0 Å². The molecule has 2 aromatic heterocycles. The minimum atomic E-state index is -0.196. The van der Waals surface area contributed by atoms with Crippen LogP contribution in [0.5, 0.6) is 0 Å². The fourth-order valence-corrected chi connectivity index (χ4v) is 4.21. The third kappa shape index (κ3) is 4.30. The summed E-state index contributed by atoms with van der Waals surface area (Å²) in [6, 6.07) is 18.8. The van der Waals surface area contributed by atoms with Gasteiger partial charge < -0.3 is 4.57 Å². The second-order valence-corrected chi connectivity index (χ2v) is 8.10. The summed E-state index contributed by atoms with van der Waals surface area (Å²) in [5.41, 5.74) is 2.38. The first-order chi connectivity index (χ1) is 15.5. The van der Waals surface area contributed by atoms with Gasteiger partial charge in [0.2, 0.25) is 5.91 Å². The van der Waals surface area contributed by atoms with Crippen LogP contribution < -0.4 is 4.90 Å². The standard InChI is InChI=1S/C23H17ClN6OS/c1-15(31)30(20-10-6-9-18(24)12-20)23-26-19(14-32-23)11-17(13-25)22-28-27-21(29(22)2)16-7-4-3-5-8-16/h3-12,14H,1-2H3/b17-11+. The van der Waals surface area contributed by atoms with E-state index in [9.17, 15) is 10.1 Å². The summed E-state index contributed by atoms with van der Waals surface area (Å²) in [5, 5.41) is 21.0. The number of amides is 1. The predicted molar refractivity (Wildman–Crippen MR) is 126 cm³/mol. The number of rotatable bonds is 5. The van der Waals surface area contributed by atoms with Crippen molar-refractivity contribution in [1.82, 2.24) is 19.7 Å². The Kier molecular flexibility index (Phi) is 6.12. The Morgan fingerprint density at radius 1 is 1.19 bits per heavy atom. The third-order valence-corrected chi connectivity index (χ3v) is 5.72. The molecule has 0 N–H and O–H groups in total. The Morgan fingerprint density at radius 2 is 1.97 bits per heavy atom. The summed E-state index contributed by atoms with van der Waals surface area (Å²) in [6.45, 7) is 1.46. The quantitative estimate of drug-likeness (QED) is 0.375. The lowest BCUT2D eigenvalue weighted by Crippen LogP contribution is -2.22. The molecular formula is C23H17ClN6OS. The average Bonchev–Trinajstić information content (AvgIpc) is 3.39. The SMILES string of the molecule is CC(=O)N(c1cccc(Cl)c1)c1nc(/C=C(\C#N)c2nnc(-c3ccccc3)n2C)cs1. The van der Waals surface area contributed by atoms with Crippen molar-refractivity contribution in [1.29, 1.82) is 5.26 Å². The molecule has 0 saturated carbocycles. The number of benzene rings is 2. The third-order valence-electron chi connectivity index (χ3n) is 4.64. The van der Waals surface area contributed by atoms with Crippen molar-refractivity contribution in [2.45, 2.75) is 6.92 Å². The number of nitrogens with zero attached hydrogens (tertiary/aromatic N) is 6. The Bertz CT molecular complexity index is 1350. The van der Waals surface area contributed by atoms with Gasteiger partial charge in [-0.1, -0.05) is 48.0 Å². The van der Waals surface area contributed by atoms with E-state index in [-0.39, 0.29) is 5.91 Å². The molecule has 2 aromatic carbocycles. The van der Waals surface area contributed by atoms with Gasteiger partial charge >= 0.3 is 0 Å². The molecule has 2 heterocycles. The van der Waals surface area contributed by atoms with Gasteiger partial charge in [-0.2, -0.15) is 5.26 Å². The summed E-state index contributed by atoms with van der Waals surface area (Å²) in [6.07, 6.45) is 1.63. The molecule has 0 saturated heterocycles. The minimum absolute atomic E-state index is 0.196. The maximum atomic E-state index is 12.3. The number of carbonyl (C=O) groups is 1. The molecule has 0 bridgehead atoms. The zero-order chi connectivity index (χ0) is 22.7. The summed E-state index contributed by atoms with van der Waals surface area (Å²) < 4.78 is 1.77. The molecule has 4 rings (SSSR count). The summed E-state index contributed by atoms with van der Waals surface area (Å²) >= 11 is 7.38. The van der Waals surface area contributed by atoms with Crippen LogP contribution in [0.4, 0.5) is 10.8 Å². The average molecular weight is 461 g/mol. The molecule has 0 aliphatic rings. The molecule has 9 heteroatoms. The molecule has 0 fully saturated rings. The van der Waals surface area contributed by atoms with Crippen LogP contribution >= 0.6 is 22.9 Å². The molecular weight excluding hydrogens is 444 g/mol. The number of hydrogen-bond acceptors (Lipinski definition) is 6. The number of halogens is 1. The highest BCUT2D eigenvalue weighted by atomic mass is 35.5. The first-order valence-corrected chi connectivity index (χ1v) is 10.8. The summed E-state index contributed by atoms with van der Waals surface area (Å²) in [5.74, 6) is 0.891. The Morgan fingerprint density at radius 3 is 2.66 bits per heavy atom. The van der Waals surface area contributed by atoms with E-state index in [1.807, 2.05) is 37.4 Å². The second-order valence-electron chi connectivity index (χ2n) is 6.83. The Balaban J connectivity index is 1.68. The highest BCUT2D eigenvalue weighted by molar-refractivity contribution is 7.14. The van der Waals surface area contributed by atoms with Crippen LogP contribution in [0.15, 0.2) is 60.0 Å². The van der Waals surface area contributed by atoms with E-state index in [0.717, 1.165) is 5.56 Å². The van der Waals surface area contributed by atoms with Gasteiger partial charge in [-0.3, -0.25) is 9.69 Å². The molecule has 0 aliphatic carbocycles. The molecule has 0 spiro atoms. The number of allylic oxidation sites excluding steroid dienone is 1. The molecule has 32 heavy (non-hydrogen) atoms. The fourth-order valence-electron chi connectivity index (χ4n) is 3.18. The van der Waals surface area contributed by atoms with Gasteiger partial charge in [-0.25, -0.2) is 4.98 Å². The fraction of sp³-hybridized carbons (Fsp3) is 0.0870. The van der Waals surface area contributed by atoms with Crippen LogP contribution in [0.3, 0.4) is 0 Å². The zero-order valence-electron chi connectivity index (χ0n) is 17.2. The molecule has 0 radical (unpaired) electrons. The van der Waals surface area contributed by atoms with E-state index in [2.05, 4.69) is 21.3 Å². The number of thiazole rings is 1. The van der Waals surface area contributed by atoms with Crippen LogP contribution in [-0.2, 0) is 11.8 Å². The van der Waals surface area contributed by atoms with Gasteiger partial charge in [0.25, 0.3) is 0 Å². The van der Waals surface area contributed by atoms with Crippen molar-refractivity contribution >= 4 is 51.3 Å². The molecule has 4 aromatic rings. The van der Waals surface area contributed by atoms with Crippen molar-refractivity contribution in [2.75, 3.05) is 4.90 Å². The van der Waals surface area contributed by atoms with E-state index in [1.54, 1.807) is 40.3 Å². The molecule has 0 unspecified atom stereocenters. The lowest BCUT2D eigenvalue weighted by molar-refractivity contribution is -0.115. The van der Waals surface area contributed by atoms with Crippen molar-refractivity contribution in [3.05, 3.63) is 76.5 Å². The number of anilines is 2. The zero-order valence-corrected chi connectivity index (χ0v) is 18.8. The largest absolute Gasteiger partial charge is 0.310 e. The highest BCUT2D eigenvalue weighted by Crippen LogP contribution is 2.31. The minimum Gasteiger partial charge on any atom is -0.310 e. The van der Waals surface area contributed by atoms with E-state index in [1.165, 1.54) is 23.2 Å². The smallest absolute Gasteiger partial charge is 0.230 e. The van der Waals surface area contributed by atoms with Gasteiger partial charge in [0.1, 0.15) is 6.07 Å². The van der Waals surface area contributed by atoms with Gasteiger partial charge in [0.05, 0.1) is 17.0 Å². The molecule has 1 amide bonds. The van der Waals surface area contributed by atoms with Crippen LogP contribution in [0.2, 0.25) is 5.02 Å². The Labute approximate surface area is 193 Å². The molecule has 158 valence electrons. The van der Waals surface area contributed by atoms with Crippen LogP contribution in [0.25, 0.3) is 23.0 Å². The Hall–Kier alpha value is -3.80. The lowest BCUT2D eigenvalue weighted by Gasteiger charge is -2.18. The first kappa shape index (κ1) is 21.4. The van der Waals surface area contributed by atoms with Crippen LogP contribution in [-0.4, -0.2) is 25.7 Å². The molecule has 7 nitrogen and oxygen atoms in total. The summed E-state index contributed by atoms with van der Waals surface area (Å²) in [7, 11) is 1.81. The lowest BCUT2D eigenvalue weighted by atomic mass is 10.2. The number of aromatic nitrogens is 4. The maximum absolute atomic E-state index is 12.3. The van der Waals surface area contributed by atoms with Gasteiger partial charge in [-0.05, 0) is 24.3 Å². The summed E-state index contributed by atoms with van der Waals surface area (Å²) in [4.78, 5) is 18.3. The van der Waals surface area contributed by atoms with Crippen LogP contribution in [0, 0.1) is 11.3 Å². The topological polar surface area (TPSA) is 87.7 Å². The van der Waals surface area contributed by atoms with Crippen molar-refractivity contribution < 1.29 is 4.79 Å². The van der Waals surface area contributed by atoms with E-state index < -0.39 is 0 Å². The van der Waals surface area contributed by atoms with E-state index in [4.69, 9.17) is 11.6 Å². The van der Waals surface area contributed by atoms with Gasteiger partial charge in [0.15, 0.2) is 16.8 Å². The number of hydrogen-bond donors (Lipinski definition) is 0. The van der Waals surface area contributed by atoms with Gasteiger partial charge in [-0.15, -0.1) is 21.5 Å². The first-order valence-electron chi connectivity index (χ1n) is 9.56. The molecule has 0 aliphatic heterocycles. The van der Waals surface area contributed by atoms with E-state index in [0.29, 0.717) is 38.8 Å². The second kappa shape index (κ2) is 9.14.